The molecule has 1 aliphatic rings. The summed E-state index contributed by atoms with van der Waals surface area (Å²) >= 11 is 0. The lowest BCUT2D eigenvalue weighted by Crippen LogP contribution is -2.46. The largest absolute Gasteiger partial charge is 0.369 e. The minimum Gasteiger partial charge on any atom is -0.369 e. The smallest absolute Gasteiger partial charge is 0.262 e. The van der Waals surface area contributed by atoms with E-state index in [1.165, 1.54) is 6.42 Å². The summed E-state index contributed by atoms with van der Waals surface area (Å²) in [5, 5.41) is 0. The van der Waals surface area contributed by atoms with Crippen LogP contribution in [0.5, 0.6) is 0 Å². The lowest BCUT2D eigenvalue weighted by Gasteiger charge is -2.36. The number of hydrogen-bond donors (Lipinski definition) is 1. The first-order valence-corrected chi connectivity index (χ1v) is 10.6. The lowest BCUT2D eigenvalue weighted by molar-refractivity contribution is 0.258. The molecule has 0 bridgehead atoms. The summed E-state index contributed by atoms with van der Waals surface area (Å²) in [7, 11) is -3.57. The van der Waals surface area contributed by atoms with E-state index in [0.717, 1.165) is 44.0 Å². The van der Waals surface area contributed by atoms with Crippen LogP contribution in [0.3, 0.4) is 0 Å². The fraction of sp³-hybridized carbons (Fsp3) is 0.400. The Kier molecular flexibility index (Phi) is 5.84. The Bertz CT molecular complexity index is 826. The molecule has 6 heteroatoms. The van der Waals surface area contributed by atoms with Crippen LogP contribution < -0.4 is 9.62 Å². The van der Waals surface area contributed by atoms with Crippen molar-refractivity contribution in [1.29, 1.82) is 0 Å². The number of piperazine rings is 1. The molecule has 0 amide bonds. The quantitative estimate of drug-likeness (QED) is 0.844. The molecule has 140 valence electrons. The Morgan fingerprint density at radius 2 is 1.62 bits per heavy atom. The fourth-order valence-electron chi connectivity index (χ4n) is 3.35. The number of nitrogens with zero attached hydrogens (tertiary/aromatic N) is 2. The Labute approximate surface area is 156 Å². The first-order valence-electron chi connectivity index (χ1n) is 9.15. The monoisotopic (exact) mass is 373 g/mol. The van der Waals surface area contributed by atoms with E-state index in [9.17, 15) is 8.42 Å². The van der Waals surface area contributed by atoms with Gasteiger partial charge in [0, 0.05) is 37.6 Å². The molecule has 0 saturated carbocycles. The number of anilines is 2. The van der Waals surface area contributed by atoms with Crippen LogP contribution in [-0.4, -0.2) is 46.0 Å². The van der Waals surface area contributed by atoms with E-state index in [0.29, 0.717) is 10.6 Å². The van der Waals surface area contributed by atoms with E-state index in [-0.39, 0.29) is 0 Å². The van der Waals surface area contributed by atoms with Gasteiger partial charge in [0.05, 0.1) is 4.90 Å². The zero-order valence-corrected chi connectivity index (χ0v) is 16.3. The highest BCUT2D eigenvalue weighted by Gasteiger charge is 2.18. The molecule has 1 heterocycles. The number of sulfonamides is 1. The van der Waals surface area contributed by atoms with Gasteiger partial charge in [-0.05, 0) is 55.8 Å². The molecule has 26 heavy (non-hydrogen) atoms. The standard InChI is InChI=1S/C20H27N3O2S/c1-3-12-22-13-15-23(16-14-22)19-10-8-18(9-11-19)21-26(24,25)20-7-5-4-6-17(20)2/h4-11,21H,3,12-16H2,1-2H3. The molecule has 0 spiro atoms. The van der Waals surface area contributed by atoms with Crippen molar-refractivity contribution in [2.75, 3.05) is 42.3 Å². The first-order chi connectivity index (χ1) is 12.5. The van der Waals surface area contributed by atoms with Crippen LogP contribution in [0.15, 0.2) is 53.4 Å². The maximum absolute atomic E-state index is 12.6. The molecule has 0 aliphatic carbocycles. The van der Waals surface area contributed by atoms with Crippen LogP contribution in [0.4, 0.5) is 11.4 Å². The molecule has 1 fully saturated rings. The average molecular weight is 374 g/mol. The van der Waals surface area contributed by atoms with E-state index in [1.807, 2.05) is 30.3 Å². The van der Waals surface area contributed by atoms with E-state index < -0.39 is 10.0 Å². The van der Waals surface area contributed by atoms with E-state index in [1.54, 1.807) is 25.1 Å². The first kappa shape index (κ1) is 18.7. The summed E-state index contributed by atoms with van der Waals surface area (Å²) in [6.07, 6.45) is 1.19. The molecule has 1 saturated heterocycles. The molecule has 1 N–H and O–H groups in total. The normalized spacial score (nSPS) is 15.8. The highest BCUT2D eigenvalue weighted by atomic mass is 32.2. The molecule has 0 unspecified atom stereocenters. The topological polar surface area (TPSA) is 52.6 Å². The van der Waals surface area contributed by atoms with Gasteiger partial charge < -0.3 is 4.90 Å². The van der Waals surface area contributed by atoms with Gasteiger partial charge in [-0.1, -0.05) is 25.1 Å². The van der Waals surface area contributed by atoms with Gasteiger partial charge in [0.15, 0.2) is 0 Å². The van der Waals surface area contributed by atoms with Gasteiger partial charge in [-0.2, -0.15) is 0 Å². The molecule has 2 aromatic carbocycles. The molecule has 0 radical (unpaired) electrons. The highest BCUT2D eigenvalue weighted by molar-refractivity contribution is 7.92. The minimum atomic E-state index is -3.57. The zero-order chi connectivity index (χ0) is 18.6. The van der Waals surface area contributed by atoms with Gasteiger partial charge in [0.2, 0.25) is 0 Å². The maximum atomic E-state index is 12.6. The molecule has 2 aromatic rings. The van der Waals surface area contributed by atoms with E-state index in [2.05, 4.69) is 21.4 Å². The third kappa shape index (κ3) is 4.37. The zero-order valence-electron chi connectivity index (χ0n) is 15.5. The van der Waals surface area contributed by atoms with Crippen molar-refractivity contribution in [3.8, 4) is 0 Å². The molecule has 3 rings (SSSR count). The van der Waals surface area contributed by atoms with Crippen molar-refractivity contribution in [2.45, 2.75) is 25.2 Å². The van der Waals surface area contributed by atoms with Gasteiger partial charge in [-0.25, -0.2) is 8.42 Å². The van der Waals surface area contributed by atoms with Crippen LogP contribution in [0.25, 0.3) is 0 Å². The second-order valence-electron chi connectivity index (χ2n) is 6.75. The van der Waals surface area contributed by atoms with Crippen LogP contribution in [0.2, 0.25) is 0 Å². The summed E-state index contributed by atoms with van der Waals surface area (Å²) in [6, 6.07) is 14.7. The van der Waals surface area contributed by atoms with Crippen molar-refractivity contribution < 1.29 is 8.42 Å². The summed E-state index contributed by atoms with van der Waals surface area (Å²) < 4.78 is 27.8. The van der Waals surface area contributed by atoms with Crippen LogP contribution in [0.1, 0.15) is 18.9 Å². The lowest BCUT2D eigenvalue weighted by atomic mass is 10.2. The summed E-state index contributed by atoms with van der Waals surface area (Å²) in [6.45, 7) is 9.35. The van der Waals surface area contributed by atoms with Crippen LogP contribution in [-0.2, 0) is 10.0 Å². The SMILES string of the molecule is CCCN1CCN(c2ccc(NS(=O)(=O)c3ccccc3C)cc2)CC1. The summed E-state index contributed by atoms with van der Waals surface area (Å²) in [5.41, 5.74) is 2.46. The molecule has 5 nitrogen and oxygen atoms in total. The maximum Gasteiger partial charge on any atom is 0.262 e. The predicted octanol–water partition coefficient (Wildman–Crippen LogP) is 3.33. The molecular weight excluding hydrogens is 346 g/mol. The third-order valence-corrected chi connectivity index (χ3v) is 6.32. The Morgan fingerprint density at radius 1 is 0.962 bits per heavy atom. The van der Waals surface area contributed by atoms with E-state index >= 15 is 0 Å². The van der Waals surface area contributed by atoms with Crippen molar-refractivity contribution in [3.05, 3.63) is 54.1 Å². The predicted molar refractivity (Wildman–Crippen MR) is 107 cm³/mol. The number of benzene rings is 2. The molecule has 0 aromatic heterocycles. The molecular formula is C20H27N3O2S. The Hall–Kier alpha value is -2.05. The number of nitrogens with one attached hydrogen (secondary N) is 1. The number of aryl methyl sites for hydroxylation is 1. The van der Waals surface area contributed by atoms with Gasteiger partial charge >= 0.3 is 0 Å². The third-order valence-electron chi connectivity index (χ3n) is 4.78. The molecule has 0 atom stereocenters. The minimum absolute atomic E-state index is 0.316. The van der Waals surface area contributed by atoms with Crippen LogP contribution >= 0.6 is 0 Å². The number of rotatable bonds is 6. The Balaban J connectivity index is 1.66. The number of hydrogen-bond acceptors (Lipinski definition) is 4. The average Bonchev–Trinajstić information content (AvgIpc) is 2.63. The summed E-state index contributed by atoms with van der Waals surface area (Å²) in [4.78, 5) is 5.16. The Morgan fingerprint density at radius 3 is 2.23 bits per heavy atom. The molecule has 1 aliphatic heterocycles. The van der Waals surface area contributed by atoms with Gasteiger partial charge in [-0.3, -0.25) is 9.62 Å². The summed E-state index contributed by atoms with van der Waals surface area (Å²) in [5.74, 6) is 0. The van der Waals surface area contributed by atoms with Crippen molar-refractivity contribution in [3.63, 3.8) is 0 Å². The highest BCUT2D eigenvalue weighted by Crippen LogP contribution is 2.23. The van der Waals surface area contributed by atoms with Crippen molar-refractivity contribution >= 4 is 21.4 Å². The van der Waals surface area contributed by atoms with Gasteiger partial charge in [0.25, 0.3) is 10.0 Å². The van der Waals surface area contributed by atoms with Gasteiger partial charge in [0.1, 0.15) is 0 Å². The van der Waals surface area contributed by atoms with Crippen molar-refractivity contribution in [1.82, 2.24) is 4.90 Å². The van der Waals surface area contributed by atoms with Crippen LogP contribution in [0, 0.1) is 6.92 Å². The van der Waals surface area contributed by atoms with E-state index in [4.69, 9.17) is 0 Å². The fourth-order valence-corrected chi connectivity index (χ4v) is 4.66. The second kappa shape index (κ2) is 8.10. The van der Waals surface area contributed by atoms with Crippen molar-refractivity contribution in [2.24, 2.45) is 0 Å². The second-order valence-corrected chi connectivity index (χ2v) is 8.40. The van der Waals surface area contributed by atoms with Gasteiger partial charge in [-0.15, -0.1) is 0 Å².